The number of rotatable bonds is 2. The Morgan fingerprint density at radius 2 is 1.29 bits per heavy atom. The molecule has 2 aliphatic rings. The summed E-state index contributed by atoms with van der Waals surface area (Å²) in [6.07, 6.45) is 0. The minimum atomic E-state index is -0.623. The number of nitrogens with zero attached hydrogens (tertiary/aromatic N) is 2. The second kappa shape index (κ2) is 5.86. The zero-order valence-electron chi connectivity index (χ0n) is 14.7. The van der Waals surface area contributed by atoms with Crippen LogP contribution < -0.4 is 0 Å². The molecule has 0 spiro atoms. The van der Waals surface area contributed by atoms with Crippen LogP contribution in [0.4, 0.5) is 0 Å². The van der Waals surface area contributed by atoms with Gasteiger partial charge in [0.15, 0.2) is 0 Å². The van der Waals surface area contributed by atoms with Crippen LogP contribution in [-0.4, -0.2) is 59.4 Å². The number of benzene rings is 1. The van der Waals surface area contributed by atoms with Gasteiger partial charge in [0.1, 0.15) is 11.4 Å². The highest BCUT2D eigenvalue weighted by molar-refractivity contribution is 6.00. The Labute approximate surface area is 142 Å². The molecule has 0 atom stereocenters. The van der Waals surface area contributed by atoms with Crippen LogP contribution in [-0.2, 0) is 9.47 Å². The Hall–Kier alpha value is -1.92. The van der Waals surface area contributed by atoms with E-state index in [4.69, 9.17) is 9.47 Å². The Kier molecular flexibility index (Phi) is 4.13. The van der Waals surface area contributed by atoms with Crippen molar-refractivity contribution in [3.05, 3.63) is 35.4 Å². The maximum absolute atomic E-state index is 12.8. The molecule has 6 nitrogen and oxygen atoms in total. The molecule has 2 fully saturated rings. The quantitative estimate of drug-likeness (QED) is 0.832. The zero-order valence-corrected chi connectivity index (χ0v) is 14.7. The topological polar surface area (TPSA) is 59.1 Å². The van der Waals surface area contributed by atoms with E-state index in [1.165, 1.54) is 0 Å². The number of amides is 2. The van der Waals surface area contributed by atoms with E-state index in [9.17, 15) is 9.59 Å². The first-order valence-electron chi connectivity index (χ1n) is 8.24. The largest absolute Gasteiger partial charge is 0.354 e. The fraction of sp³-hybridized carbons (Fsp3) is 0.556. The first-order valence-corrected chi connectivity index (χ1v) is 8.24. The van der Waals surface area contributed by atoms with Crippen molar-refractivity contribution < 1.29 is 19.1 Å². The van der Waals surface area contributed by atoms with Gasteiger partial charge in [0, 0.05) is 24.2 Å². The number of hydrogen-bond donors (Lipinski definition) is 0. The minimum absolute atomic E-state index is 0.121. The normalized spacial score (nSPS) is 22.0. The Balaban J connectivity index is 1.84. The summed E-state index contributed by atoms with van der Waals surface area (Å²) in [5, 5.41) is 0. The minimum Gasteiger partial charge on any atom is -0.354 e. The van der Waals surface area contributed by atoms with E-state index in [0.29, 0.717) is 37.4 Å². The molecule has 3 rings (SSSR count). The van der Waals surface area contributed by atoms with Crippen molar-refractivity contribution in [1.29, 1.82) is 0 Å². The first kappa shape index (κ1) is 16.9. The van der Waals surface area contributed by atoms with E-state index in [2.05, 4.69) is 0 Å². The monoisotopic (exact) mass is 332 g/mol. The lowest BCUT2D eigenvalue weighted by Gasteiger charge is -2.31. The summed E-state index contributed by atoms with van der Waals surface area (Å²) in [7, 11) is 0. The van der Waals surface area contributed by atoms with Gasteiger partial charge < -0.3 is 19.3 Å². The molecule has 1 aromatic carbocycles. The van der Waals surface area contributed by atoms with Crippen molar-refractivity contribution in [3.63, 3.8) is 0 Å². The first-order chi connectivity index (χ1) is 11.2. The molecular weight excluding hydrogens is 308 g/mol. The van der Waals surface area contributed by atoms with E-state index in [1.54, 1.807) is 34.1 Å². The van der Waals surface area contributed by atoms with Crippen LogP contribution >= 0.6 is 0 Å². The Morgan fingerprint density at radius 3 is 1.62 bits per heavy atom. The van der Waals surface area contributed by atoms with Crippen molar-refractivity contribution in [2.75, 3.05) is 26.3 Å². The summed E-state index contributed by atoms with van der Waals surface area (Å²) in [5.74, 6) is -0.242. The Bertz CT molecular complexity index is 615. The molecule has 0 radical (unpaired) electrons. The van der Waals surface area contributed by atoms with Crippen LogP contribution in [0.2, 0.25) is 0 Å². The van der Waals surface area contributed by atoms with Gasteiger partial charge in [-0.3, -0.25) is 9.59 Å². The maximum atomic E-state index is 12.8. The average molecular weight is 332 g/mol. The van der Waals surface area contributed by atoms with Gasteiger partial charge in [-0.2, -0.15) is 0 Å². The van der Waals surface area contributed by atoms with Crippen LogP contribution in [0.3, 0.4) is 0 Å². The van der Waals surface area contributed by atoms with Crippen molar-refractivity contribution >= 4 is 11.8 Å². The maximum Gasteiger partial charge on any atom is 0.256 e. The molecular formula is C18H24N2O4. The third-order valence-electron chi connectivity index (χ3n) is 4.69. The highest BCUT2D eigenvalue weighted by Gasteiger charge is 2.39. The van der Waals surface area contributed by atoms with Gasteiger partial charge in [-0.25, -0.2) is 0 Å². The van der Waals surface area contributed by atoms with E-state index >= 15 is 0 Å². The molecule has 1 aromatic rings. The van der Waals surface area contributed by atoms with Crippen LogP contribution in [0.1, 0.15) is 48.4 Å². The number of hydrogen-bond acceptors (Lipinski definition) is 4. The molecule has 0 bridgehead atoms. The van der Waals surface area contributed by atoms with Crippen molar-refractivity contribution in [2.45, 2.75) is 39.1 Å². The summed E-state index contributed by atoms with van der Waals surface area (Å²) in [6, 6.07) is 6.88. The Morgan fingerprint density at radius 1 is 0.875 bits per heavy atom. The van der Waals surface area contributed by atoms with Gasteiger partial charge in [0.05, 0.1) is 13.2 Å². The van der Waals surface area contributed by atoms with Gasteiger partial charge in [-0.1, -0.05) is 6.07 Å². The van der Waals surface area contributed by atoms with Crippen molar-refractivity contribution in [3.8, 4) is 0 Å². The molecule has 2 heterocycles. The predicted molar refractivity (Wildman–Crippen MR) is 88.6 cm³/mol. The van der Waals surface area contributed by atoms with Gasteiger partial charge in [-0.05, 0) is 45.9 Å². The highest BCUT2D eigenvalue weighted by Crippen LogP contribution is 2.27. The van der Waals surface area contributed by atoms with E-state index in [1.807, 2.05) is 27.7 Å². The van der Waals surface area contributed by atoms with Gasteiger partial charge in [-0.15, -0.1) is 0 Å². The smallest absolute Gasteiger partial charge is 0.256 e. The number of carbonyl (C=O) groups is 2. The lowest BCUT2D eigenvalue weighted by Crippen LogP contribution is -2.44. The van der Waals surface area contributed by atoms with Crippen LogP contribution in [0.25, 0.3) is 0 Å². The van der Waals surface area contributed by atoms with E-state index in [0.717, 1.165) is 0 Å². The summed E-state index contributed by atoms with van der Waals surface area (Å²) >= 11 is 0. The molecule has 2 amide bonds. The molecule has 0 aromatic heterocycles. The van der Waals surface area contributed by atoms with Gasteiger partial charge in [0.2, 0.25) is 0 Å². The highest BCUT2D eigenvalue weighted by atomic mass is 16.5. The molecule has 0 unspecified atom stereocenters. The second-order valence-electron chi connectivity index (χ2n) is 7.08. The average Bonchev–Trinajstić information content (AvgIpc) is 3.07. The second-order valence-corrected chi connectivity index (χ2v) is 7.08. The molecule has 24 heavy (non-hydrogen) atoms. The fourth-order valence-electron chi connectivity index (χ4n) is 3.26. The lowest BCUT2D eigenvalue weighted by molar-refractivity contribution is -0.0383. The zero-order chi connectivity index (χ0) is 17.5. The van der Waals surface area contributed by atoms with Crippen molar-refractivity contribution in [2.24, 2.45) is 0 Å². The summed E-state index contributed by atoms with van der Waals surface area (Å²) in [5.41, 5.74) is -0.251. The number of carbonyl (C=O) groups excluding carboxylic acids is 2. The summed E-state index contributed by atoms with van der Waals surface area (Å²) < 4.78 is 11.2. The van der Waals surface area contributed by atoms with Crippen LogP contribution in [0, 0.1) is 0 Å². The fourth-order valence-corrected chi connectivity index (χ4v) is 3.26. The molecule has 0 N–H and O–H groups in total. The van der Waals surface area contributed by atoms with E-state index < -0.39 is 11.4 Å². The van der Waals surface area contributed by atoms with Crippen molar-refractivity contribution in [1.82, 2.24) is 9.80 Å². The SMILES string of the molecule is CC1(C)OCCN1C(=O)c1cccc(C(=O)N2CCOC2(C)C)c1. The standard InChI is InChI=1S/C18H24N2O4/c1-17(2)19(8-10-23-17)15(21)13-6-5-7-14(12-13)16(22)20-9-11-24-18(20,3)4/h5-7,12H,8-11H2,1-4H3. The van der Waals surface area contributed by atoms with Gasteiger partial charge in [0.25, 0.3) is 11.8 Å². The summed E-state index contributed by atoms with van der Waals surface area (Å²) in [4.78, 5) is 29.0. The molecule has 0 saturated carbocycles. The summed E-state index contributed by atoms with van der Waals surface area (Å²) in [6.45, 7) is 9.64. The third-order valence-corrected chi connectivity index (χ3v) is 4.69. The van der Waals surface area contributed by atoms with Crippen LogP contribution in [0.15, 0.2) is 24.3 Å². The molecule has 0 aliphatic carbocycles. The predicted octanol–water partition coefficient (Wildman–Crippen LogP) is 2.10. The van der Waals surface area contributed by atoms with Gasteiger partial charge >= 0.3 is 0 Å². The lowest BCUT2D eigenvalue weighted by atomic mass is 10.1. The number of ether oxygens (including phenoxy) is 2. The van der Waals surface area contributed by atoms with Crippen LogP contribution in [0.5, 0.6) is 0 Å². The molecule has 6 heteroatoms. The molecule has 2 saturated heterocycles. The third kappa shape index (κ3) is 2.91. The molecule has 130 valence electrons. The molecule has 2 aliphatic heterocycles. The van der Waals surface area contributed by atoms with E-state index in [-0.39, 0.29) is 11.8 Å².